The van der Waals surface area contributed by atoms with Gasteiger partial charge in [0.15, 0.2) is 0 Å². The Bertz CT molecular complexity index is 931. The van der Waals surface area contributed by atoms with Crippen LogP contribution in [0.5, 0.6) is 5.75 Å². The van der Waals surface area contributed by atoms with Crippen molar-refractivity contribution < 1.29 is 14.3 Å². The lowest BCUT2D eigenvalue weighted by atomic mass is 9.90. The molecule has 5 rings (SSSR count). The number of halogens is 1. The molecule has 7 heteroatoms. The zero-order chi connectivity index (χ0) is 19.4. The van der Waals surface area contributed by atoms with Crippen molar-refractivity contribution in [3.8, 4) is 5.75 Å². The van der Waals surface area contributed by atoms with Gasteiger partial charge in [-0.2, -0.15) is 0 Å². The van der Waals surface area contributed by atoms with Gasteiger partial charge in [0, 0.05) is 17.6 Å². The molecule has 3 fully saturated rings. The second-order valence-electron chi connectivity index (χ2n) is 7.36. The molecular weight excluding hydrogens is 422 g/mol. The maximum Gasteiger partial charge on any atom is 0.253 e. The van der Waals surface area contributed by atoms with Gasteiger partial charge in [-0.25, -0.2) is 14.9 Å². The molecule has 0 bridgehead atoms. The molecule has 2 amide bonds. The average Bonchev–Trinajstić information content (AvgIpc) is 3.35. The first-order chi connectivity index (χ1) is 13.6. The maximum absolute atomic E-state index is 13.4. The number of amides is 2. The Labute approximate surface area is 171 Å². The highest BCUT2D eigenvalue weighted by Gasteiger charge is 2.62. The minimum absolute atomic E-state index is 0.118. The molecule has 3 atom stereocenters. The minimum atomic E-state index is -0.425. The summed E-state index contributed by atoms with van der Waals surface area (Å²) in [6, 6.07) is 14.6. The van der Waals surface area contributed by atoms with Crippen LogP contribution in [-0.4, -0.2) is 48.1 Å². The third-order valence-electron chi connectivity index (χ3n) is 5.95. The van der Waals surface area contributed by atoms with Gasteiger partial charge in [-0.15, -0.1) is 0 Å². The summed E-state index contributed by atoms with van der Waals surface area (Å²) < 4.78 is 6.18. The monoisotopic (exact) mass is 441 g/mol. The molecular formula is C21H20BrN3O3. The Morgan fingerprint density at radius 1 is 0.893 bits per heavy atom. The van der Waals surface area contributed by atoms with Gasteiger partial charge in [0.2, 0.25) is 5.91 Å². The smallest absolute Gasteiger partial charge is 0.253 e. The molecule has 3 aliphatic rings. The minimum Gasteiger partial charge on any atom is -0.497 e. The van der Waals surface area contributed by atoms with Crippen LogP contribution in [0.25, 0.3) is 0 Å². The topological polar surface area (TPSA) is 53.1 Å². The van der Waals surface area contributed by atoms with E-state index in [2.05, 4.69) is 25.9 Å². The van der Waals surface area contributed by atoms with E-state index in [0.717, 1.165) is 35.3 Å². The molecule has 0 unspecified atom stereocenters. The largest absolute Gasteiger partial charge is 0.497 e. The first-order valence-corrected chi connectivity index (χ1v) is 10.2. The average molecular weight is 442 g/mol. The molecule has 6 nitrogen and oxygen atoms in total. The molecule has 3 saturated heterocycles. The van der Waals surface area contributed by atoms with Gasteiger partial charge in [-0.05, 0) is 48.4 Å². The molecule has 0 N–H and O–H groups in total. The summed E-state index contributed by atoms with van der Waals surface area (Å²) in [7, 11) is 1.64. The number of hydrogen-bond donors (Lipinski definition) is 0. The highest BCUT2D eigenvalue weighted by molar-refractivity contribution is 9.10. The standard InChI is InChI=1S/C21H20BrN3O3/c1-28-16-9-3-13(4-10-16)18-17-19(24-12-2-11-23(18)24)21(27)25(20(17)26)15-7-5-14(22)6-8-15/h3-10,17-19H,2,11-12H2,1H3/t17-,18+,19+/m1/s1. The number of carbonyl (C=O) groups is 2. The zero-order valence-electron chi connectivity index (χ0n) is 15.4. The fraction of sp³-hybridized carbons (Fsp3) is 0.333. The Kier molecular flexibility index (Phi) is 4.26. The van der Waals surface area contributed by atoms with Crippen molar-refractivity contribution in [2.24, 2.45) is 5.92 Å². The first kappa shape index (κ1) is 17.8. The van der Waals surface area contributed by atoms with Crippen LogP contribution in [0.4, 0.5) is 5.69 Å². The van der Waals surface area contributed by atoms with E-state index in [0.29, 0.717) is 5.69 Å². The Hall–Kier alpha value is -2.22. The van der Waals surface area contributed by atoms with E-state index in [9.17, 15) is 9.59 Å². The van der Waals surface area contributed by atoms with E-state index < -0.39 is 12.0 Å². The second kappa shape index (κ2) is 6.69. The number of benzene rings is 2. The molecule has 0 saturated carbocycles. The molecule has 2 aromatic carbocycles. The molecule has 144 valence electrons. The molecule has 28 heavy (non-hydrogen) atoms. The lowest BCUT2D eigenvalue weighted by Crippen LogP contribution is -2.44. The lowest BCUT2D eigenvalue weighted by molar-refractivity contribution is -0.126. The van der Waals surface area contributed by atoms with Crippen LogP contribution in [-0.2, 0) is 9.59 Å². The van der Waals surface area contributed by atoms with Crippen molar-refractivity contribution in [3.63, 3.8) is 0 Å². The number of hydrazine groups is 1. The summed E-state index contributed by atoms with van der Waals surface area (Å²) in [5.74, 6) is 0.138. The van der Waals surface area contributed by atoms with Crippen molar-refractivity contribution in [2.45, 2.75) is 18.5 Å². The van der Waals surface area contributed by atoms with Crippen molar-refractivity contribution in [2.75, 3.05) is 25.1 Å². The fourth-order valence-electron chi connectivity index (χ4n) is 4.76. The van der Waals surface area contributed by atoms with Crippen molar-refractivity contribution in [1.82, 2.24) is 10.0 Å². The molecule has 0 aromatic heterocycles. The normalized spacial score (nSPS) is 27.4. The predicted molar refractivity (Wildman–Crippen MR) is 108 cm³/mol. The van der Waals surface area contributed by atoms with Crippen LogP contribution >= 0.6 is 15.9 Å². The number of nitrogens with zero attached hydrogens (tertiary/aromatic N) is 3. The predicted octanol–water partition coefficient (Wildman–Crippen LogP) is 2.99. The molecule has 2 aromatic rings. The Morgan fingerprint density at radius 3 is 2.18 bits per heavy atom. The van der Waals surface area contributed by atoms with Gasteiger partial charge < -0.3 is 4.74 Å². The van der Waals surface area contributed by atoms with Crippen LogP contribution in [0.2, 0.25) is 0 Å². The molecule has 3 heterocycles. The number of carbonyl (C=O) groups excluding carboxylic acids is 2. The zero-order valence-corrected chi connectivity index (χ0v) is 17.0. The summed E-state index contributed by atoms with van der Waals surface area (Å²) in [5.41, 5.74) is 1.67. The first-order valence-electron chi connectivity index (χ1n) is 9.40. The van der Waals surface area contributed by atoms with Crippen molar-refractivity contribution >= 4 is 33.4 Å². The number of imide groups is 1. The molecule has 0 aliphatic carbocycles. The van der Waals surface area contributed by atoms with Crippen LogP contribution in [0.3, 0.4) is 0 Å². The fourth-order valence-corrected chi connectivity index (χ4v) is 5.02. The summed E-state index contributed by atoms with van der Waals surface area (Å²) in [6.45, 7) is 1.67. The van der Waals surface area contributed by atoms with Gasteiger partial charge in [0.25, 0.3) is 5.91 Å². The van der Waals surface area contributed by atoms with E-state index in [4.69, 9.17) is 4.74 Å². The van der Waals surface area contributed by atoms with Gasteiger partial charge in [-0.3, -0.25) is 9.59 Å². The quantitative estimate of drug-likeness (QED) is 0.685. The van der Waals surface area contributed by atoms with Crippen molar-refractivity contribution in [1.29, 1.82) is 0 Å². The maximum atomic E-state index is 13.4. The Balaban J connectivity index is 1.55. The third kappa shape index (κ3) is 2.53. The van der Waals surface area contributed by atoms with Gasteiger partial charge in [0.1, 0.15) is 11.8 Å². The third-order valence-corrected chi connectivity index (χ3v) is 6.48. The van der Waals surface area contributed by atoms with Crippen molar-refractivity contribution in [3.05, 3.63) is 58.6 Å². The number of methoxy groups -OCH3 is 1. The summed E-state index contributed by atoms with van der Waals surface area (Å²) >= 11 is 3.41. The number of fused-ring (bicyclic) bond motifs is 3. The van der Waals surface area contributed by atoms with Gasteiger partial charge in [-0.1, -0.05) is 28.1 Å². The van der Waals surface area contributed by atoms with E-state index in [1.807, 2.05) is 48.5 Å². The summed E-state index contributed by atoms with van der Waals surface area (Å²) in [4.78, 5) is 28.1. The van der Waals surface area contributed by atoms with Crippen LogP contribution in [0, 0.1) is 5.92 Å². The highest BCUT2D eigenvalue weighted by atomic mass is 79.9. The SMILES string of the molecule is COc1ccc([C@H]2[C@H]3C(=O)N(c4ccc(Br)cc4)C(=O)[C@H]3N3CCCN23)cc1. The van der Waals surface area contributed by atoms with Gasteiger partial charge in [0.05, 0.1) is 24.8 Å². The van der Waals surface area contributed by atoms with Crippen LogP contribution in [0.1, 0.15) is 18.0 Å². The van der Waals surface area contributed by atoms with Crippen LogP contribution < -0.4 is 9.64 Å². The Morgan fingerprint density at radius 2 is 1.54 bits per heavy atom. The van der Waals surface area contributed by atoms with Crippen LogP contribution in [0.15, 0.2) is 53.0 Å². The number of rotatable bonds is 3. The van der Waals surface area contributed by atoms with E-state index in [-0.39, 0.29) is 17.9 Å². The van der Waals surface area contributed by atoms with Gasteiger partial charge >= 0.3 is 0 Å². The number of hydrogen-bond acceptors (Lipinski definition) is 5. The second-order valence-corrected chi connectivity index (χ2v) is 8.27. The molecule has 0 spiro atoms. The molecule has 3 aliphatic heterocycles. The van der Waals surface area contributed by atoms with E-state index in [1.165, 1.54) is 4.90 Å². The van der Waals surface area contributed by atoms with E-state index >= 15 is 0 Å². The summed E-state index contributed by atoms with van der Waals surface area (Å²) in [6.07, 6.45) is 0.996. The molecule has 0 radical (unpaired) electrons. The number of anilines is 1. The lowest BCUT2D eigenvalue weighted by Gasteiger charge is -2.29. The summed E-state index contributed by atoms with van der Waals surface area (Å²) in [5, 5.41) is 4.32. The highest BCUT2D eigenvalue weighted by Crippen LogP contribution is 2.49. The van der Waals surface area contributed by atoms with E-state index in [1.54, 1.807) is 7.11 Å². The number of ether oxygens (including phenoxy) is 1.